The minimum Gasteiger partial charge on any atom is -0.489 e. The molecule has 8 heteroatoms. The Labute approximate surface area is 246 Å². The van der Waals surface area contributed by atoms with E-state index in [0.29, 0.717) is 25.9 Å². The Morgan fingerprint density at radius 2 is 1.67 bits per heavy atom. The topological polar surface area (TPSA) is 114 Å². The second-order valence-electron chi connectivity index (χ2n) is 10.4. The van der Waals surface area contributed by atoms with Crippen molar-refractivity contribution in [1.82, 2.24) is 10.6 Å². The lowest BCUT2D eigenvalue weighted by atomic mass is 9.98. The number of benzene rings is 3. The minimum atomic E-state index is -0.616. The number of rotatable bonds is 10. The first-order valence-corrected chi connectivity index (χ1v) is 14.3. The van der Waals surface area contributed by atoms with Gasteiger partial charge >= 0.3 is 5.97 Å². The van der Waals surface area contributed by atoms with Gasteiger partial charge in [0.1, 0.15) is 18.5 Å². The largest absolute Gasteiger partial charge is 0.489 e. The van der Waals surface area contributed by atoms with E-state index in [1.54, 1.807) is 0 Å². The molecule has 1 aliphatic rings. The Morgan fingerprint density at radius 1 is 0.952 bits per heavy atom. The molecule has 4 rings (SSSR count). The zero-order chi connectivity index (χ0) is 29.6. The molecule has 0 fully saturated rings. The summed E-state index contributed by atoms with van der Waals surface area (Å²) in [5.74, 6) is -0.808. The molecule has 0 spiro atoms. The molecular formula is C34H38N2O6. The van der Waals surface area contributed by atoms with Crippen LogP contribution in [0.1, 0.15) is 48.5 Å². The quantitative estimate of drug-likeness (QED) is 0.246. The number of aliphatic hydroxyl groups excluding tert-OH is 1. The molecule has 0 bridgehead atoms. The molecule has 8 nitrogen and oxygen atoms in total. The molecular weight excluding hydrogens is 532 g/mol. The molecule has 42 heavy (non-hydrogen) atoms. The van der Waals surface area contributed by atoms with Crippen LogP contribution in [-0.2, 0) is 32.1 Å². The first-order chi connectivity index (χ1) is 20.5. The number of cyclic esters (lactones) is 1. The molecule has 3 aromatic rings. The molecule has 1 aliphatic heterocycles. The van der Waals surface area contributed by atoms with Crippen molar-refractivity contribution < 1.29 is 29.0 Å². The monoisotopic (exact) mass is 570 g/mol. The minimum absolute atomic E-state index is 0.0330. The van der Waals surface area contributed by atoms with Gasteiger partial charge in [-0.3, -0.25) is 14.4 Å². The van der Waals surface area contributed by atoms with Crippen LogP contribution in [0.4, 0.5) is 0 Å². The predicted molar refractivity (Wildman–Crippen MR) is 159 cm³/mol. The number of allylic oxidation sites excluding steroid dienone is 2. The van der Waals surface area contributed by atoms with Crippen molar-refractivity contribution in [2.75, 3.05) is 13.2 Å². The highest BCUT2D eigenvalue weighted by atomic mass is 16.5. The molecule has 3 N–H and O–H groups in total. The fourth-order valence-corrected chi connectivity index (χ4v) is 4.73. The molecule has 0 aliphatic carbocycles. The molecule has 3 unspecified atom stereocenters. The van der Waals surface area contributed by atoms with Crippen LogP contribution in [-0.4, -0.2) is 42.1 Å². The lowest BCUT2D eigenvalue weighted by Gasteiger charge is -2.22. The molecule has 3 atom stereocenters. The maximum atomic E-state index is 13.1. The van der Waals surface area contributed by atoms with Gasteiger partial charge in [-0.05, 0) is 48.1 Å². The van der Waals surface area contributed by atoms with E-state index in [1.165, 1.54) is 0 Å². The zero-order valence-corrected chi connectivity index (χ0v) is 23.6. The van der Waals surface area contributed by atoms with E-state index in [9.17, 15) is 19.5 Å². The smallest absolute Gasteiger partial charge is 0.306 e. The summed E-state index contributed by atoms with van der Waals surface area (Å²) in [6.07, 6.45) is 4.53. The highest BCUT2D eigenvalue weighted by Crippen LogP contribution is 2.20. The molecule has 0 radical (unpaired) electrons. The van der Waals surface area contributed by atoms with E-state index in [2.05, 4.69) is 10.6 Å². The van der Waals surface area contributed by atoms with E-state index in [4.69, 9.17) is 9.47 Å². The highest BCUT2D eigenvalue weighted by molar-refractivity contribution is 5.86. The van der Waals surface area contributed by atoms with Crippen LogP contribution < -0.4 is 15.4 Å². The van der Waals surface area contributed by atoms with Crippen LogP contribution in [0.15, 0.2) is 97.1 Å². The Kier molecular flexibility index (Phi) is 11.7. The van der Waals surface area contributed by atoms with Gasteiger partial charge in [-0.15, -0.1) is 0 Å². The molecule has 1 heterocycles. The van der Waals surface area contributed by atoms with E-state index >= 15 is 0 Å². The maximum Gasteiger partial charge on any atom is 0.306 e. The molecule has 2 amide bonds. The Balaban J connectivity index is 1.31. The van der Waals surface area contributed by atoms with Crippen molar-refractivity contribution in [2.24, 2.45) is 5.92 Å². The molecule has 0 saturated carbocycles. The second kappa shape index (κ2) is 16.1. The average molecular weight is 571 g/mol. The standard InChI is InChI=1S/C34H38N2O6/c37-23-29(20-25-16-18-30(19-17-25)41-24-26-10-4-1-5-11-26)36-32(38)21-28-14-8-3-9-15-33(39)42-31(22-35-34(28)40)27-12-6-2-7-13-27/h1-8,10-13,16-19,28-29,31,37H,9,14-15,20-24H2,(H,35,40)(H,36,38). The summed E-state index contributed by atoms with van der Waals surface area (Å²) in [4.78, 5) is 38.4. The number of carbonyl (C=O) groups is 3. The van der Waals surface area contributed by atoms with Crippen molar-refractivity contribution in [3.05, 3.63) is 114 Å². The van der Waals surface area contributed by atoms with Crippen LogP contribution in [0.3, 0.4) is 0 Å². The number of hydrogen-bond donors (Lipinski definition) is 3. The van der Waals surface area contributed by atoms with Crippen molar-refractivity contribution in [2.45, 2.75) is 50.9 Å². The first-order valence-electron chi connectivity index (χ1n) is 14.3. The molecule has 0 saturated heterocycles. The molecule has 3 aromatic carbocycles. The van der Waals surface area contributed by atoms with Gasteiger partial charge in [0, 0.05) is 12.8 Å². The van der Waals surface area contributed by atoms with E-state index < -0.39 is 18.1 Å². The summed E-state index contributed by atoms with van der Waals surface area (Å²) in [6, 6.07) is 26.2. The van der Waals surface area contributed by atoms with Gasteiger partial charge < -0.3 is 25.2 Å². The third kappa shape index (κ3) is 9.89. The van der Waals surface area contributed by atoms with Gasteiger partial charge in [0.05, 0.1) is 25.1 Å². The number of ether oxygens (including phenoxy) is 2. The van der Waals surface area contributed by atoms with Crippen molar-refractivity contribution in [1.29, 1.82) is 0 Å². The Bertz CT molecular complexity index is 1310. The zero-order valence-electron chi connectivity index (χ0n) is 23.6. The first kappa shape index (κ1) is 30.5. The maximum absolute atomic E-state index is 13.1. The molecule has 0 aromatic heterocycles. The van der Waals surface area contributed by atoms with Crippen LogP contribution in [0.5, 0.6) is 5.75 Å². The van der Waals surface area contributed by atoms with Crippen LogP contribution in [0.25, 0.3) is 0 Å². The highest BCUT2D eigenvalue weighted by Gasteiger charge is 2.25. The number of carbonyl (C=O) groups excluding carboxylic acids is 3. The summed E-state index contributed by atoms with van der Waals surface area (Å²) >= 11 is 0. The fraction of sp³-hybridized carbons (Fsp3) is 0.324. The van der Waals surface area contributed by atoms with Crippen LogP contribution in [0, 0.1) is 5.92 Å². The van der Waals surface area contributed by atoms with Gasteiger partial charge in [0.15, 0.2) is 0 Å². The number of esters is 1. The van der Waals surface area contributed by atoms with Crippen LogP contribution in [0.2, 0.25) is 0 Å². The lowest BCUT2D eigenvalue weighted by molar-refractivity contribution is -0.150. The van der Waals surface area contributed by atoms with Crippen molar-refractivity contribution in [3.8, 4) is 5.75 Å². The summed E-state index contributed by atoms with van der Waals surface area (Å²) in [5, 5.41) is 15.7. The summed E-state index contributed by atoms with van der Waals surface area (Å²) < 4.78 is 11.5. The third-order valence-corrected chi connectivity index (χ3v) is 7.05. The number of hydrogen-bond acceptors (Lipinski definition) is 6. The third-order valence-electron chi connectivity index (χ3n) is 7.05. The van der Waals surface area contributed by atoms with E-state index in [1.807, 2.05) is 97.1 Å². The van der Waals surface area contributed by atoms with E-state index in [0.717, 1.165) is 22.4 Å². The Morgan fingerprint density at radius 3 is 2.38 bits per heavy atom. The SMILES string of the molecule is O=C(CC1CC=CCCC(=O)OC(c2ccccc2)CNC1=O)NC(CO)Cc1ccc(OCc2ccccc2)cc1. The van der Waals surface area contributed by atoms with Gasteiger partial charge in [-0.25, -0.2) is 0 Å². The number of amides is 2. The summed E-state index contributed by atoms with van der Waals surface area (Å²) in [7, 11) is 0. The van der Waals surface area contributed by atoms with E-state index in [-0.39, 0.29) is 43.8 Å². The van der Waals surface area contributed by atoms with Crippen molar-refractivity contribution in [3.63, 3.8) is 0 Å². The van der Waals surface area contributed by atoms with Gasteiger partial charge in [0.25, 0.3) is 0 Å². The number of nitrogens with one attached hydrogen (secondary N) is 2. The van der Waals surface area contributed by atoms with Crippen molar-refractivity contribution >= 4 is 17.8 Å². The summed E-state index contributed by atoms with van der Waals surface area (Å²) in [5.41, 5.74) is 2.80. The normalized spacial score (nSPS) is 18.5. The number of aliphatic hydroxyl groups is 1. The average Bonchev–Trinajstić information content (AvgIpc) is 3.01. The van der Waals surface area contributed by atoms with Crippen LogP contribution >= 0.6 is 0 Å². The summed E-state index contributed by atoms with van der Waals surface area (Å²) in [6.45, 7) is 0.344. The second-order valence-corrected chi connectivity index (χ2v) is 10.4. The lowest BCUT2D eigenvalue weighted by Crippen LogP contribution is -2.42. The fourth-order valence-electron chi connectivity index (χ4n) is 4.73. The van der Waals surface area contributed by atoms with Gasteiger partial charge in [-0.2, -0.15) is 0 Å². The van der Waals surface area contributed by atoms with Gasteiger partial charge in [-0.1, -0.05) is 84.9 Å². The predicted octanol–water partition coefficient (Wildman–Crippen LogP) is 4.43. The molecule has 220 valence electrons. The Hall–Kier alpha value is -4.43. The van der Waals surface area contributed by atoms with Gasteiger partial charge in [0.2, 0.25) is 11.8 Å².